The van der Waals surface area contributed by atoms with Crippen molar-refractivity contribution in [3.8, 4) is 11.3 Å². The van der Waals surface area contributed by atoms with Crippen LogP contribution in [0.4, 0.5) is 8.78 Å². The summed E-state index contributed by atoms with van der Waals surface area (Å²) in [5.74, 6) is -0.331. The van der Waals surface area contributed by atoms with Crippen LogP contribution in [0.3, 0.4) is 0 Å². The molecular formula is C23H30ClF2N3O2. The molecule has 0 atom stereocenters. The van der Waals surface area contributed by atoms with E-state index in [1.54, 1.807) is 0 Å². The van der Waals surface area contributed by atoms with Crippen molar-refractivity contribution in [1.29, 1.82) is 0 Å². The highest BCUT2D eigenvalue weighted by Gasteiger charge is 2.24. The molecule has 5 nitrogen and oxygen atoms in total. The number of benzene rings is 1. The highest BCUT2D eigenvalue weighted by molar-refractivity contribution is 5.93. The highest BCUT2D eigenvalue weighted by atomic mass is 35.5. The molecule has 2 aromatic rings. The molecule has 8 heteroatoms. The van der Waals surface area contributed by atoms with Crippen molar-refractivity contribution in [2.75, 3.05) is 26.2 Å². The van der Waals surface area contributed by atoms with Crippen LogP contribution in [0.1, 0.15) is 55.4 Å². The zero-order chi connectivity index (χ0) is 20.9. The monoisotopic (exact) mass is 453 g/mol. The van der Waals surface area contributed by atoms with E-state index in [0.29, 0.717) is 12.5 Å². The molecule has 2 fully saturated rings. The van der Waals surface area contributed by atoms with E-state index in [-0.39, 0.29) is 35.3 Å². The Morgan fingerprint density at radius 1 is 1.06 bits per heavy atom. The normalized spacial score (nSPS) is 18.5. The molecule has 1 aliphatic heterocycles. The van der Waals surface area contributed by atoms with Crippen molar-refractivity contribution in [2.45, 2.75) is 44.9 Å². The number of rotatable bonds is 6. The van der Waals surface area contributed by atoms with Gasteiger partial charge in [0.1, 0.15) is 11.6 Å². The summed E-state index contributed by atoms with van der Waals surface area (Å²) in [4.78, 5) is 15.0. The Labute approximate surface area is 188 Å². The number of aromatic nitrogens is 1. The number of likely N-dealkylation sites (tertiary alicyclic amines) is 1. The highest BCUT2D eigenvalue weighted by Crippen LogP contribution is 2.27. The third-order valence-electron chi connectivity index (χ3n) is 6.44. The summed E-state index contributed by atoms with van der Waals surface area (Å²) in [7, 11) is 0. The summed E-state index contributed by atoms with van der Waals surface area (Å²) in [5, 5.41) is 6.66. The Bertz CT molecular complexity index is 862. The molecule has 1 saturated heterocycles. The standard InChI is InChI=1S/C23H29F2N3O2.ClH/c24-18-6-7-19(20(25)12-18)22-13-21(27-30-22)23(29)26-14-16-8-10-28(11-9-16)15-17-4-2-1-3-5-17;/h6-7,12-13,16-17H,1-5,8-11,14-15H2,(H,26,29);1H. The zero-order valence-corrected chi connectivity index (χ0v) is 18.4. The summed E-state index contributed by atoms with van der Waals surface area (Å²) in [5.41, 5.74) is 0.178. The summed E-state index contributed by atoms with van der Waals surface area (Å²) < 4.78 is 32.0. The number of piperidine rings is 1. The van der Waals surface area contributed by atoms with Gasteiger partial charge in [-0.3, -0.25) is 4.79 Å². The minimum absolute atomic E-state index is 0. The minimum Gasteiger partial charge on any atom is -0.355 e. The van der Waals surface area contributed by atoms with Crippen LogP contribution in [0.25, 0.3) is 11.3 Å². The van der Waals surface area contributed by atoms with E-state index in [1.165, 1.54) is 50.8 Å². The van der Waals surface area contributed by atoms with E-state index in [1.807, 2.05) is 0 Å². The van der Waals surface area contributed by atoms with Gasteiger partial charge in [0, 0.05) is 25.2 Å². The molecule has 1 N–H and O–H groups in total. The molecule has 0 spiro atoms. The lowest BCUT2D eigenvalue weighted by molar-refractivity contribution is 0.0922. The number of hydrogen-bond donors (Lipinski definition) is 1. The maximum Gasteiger partial charge on any atom is 0.273 e. The second-order valence-electron chi connectivity index (χ2n) is 8.66. The lowest BCUT2D eigenvalue weighted by Gasteiger charge is -2.35. The SMILES string of the molecule is Cl.O=C(NCC1CCN(CC2CCCCC2)CC1)c1cc(-c2ccc(F)cc2F)on1. The Balaban J connectivity index is 0.00000272. The van der Waals surface area contributed by atoms with Gasteiger partial charge in [-0.25, -0.2) is 8.78 Å². The first-order chi connectivity index (χ1) is 14.6. The Morgan fingerprint density at radius 3 is 2.52 bits per heavy atom. The summed E-state index contributed by atoms with van der Waals surface area (Å²) in [6, 6.07) is 4.58. The van der Waals surface area contributed by atoms with Gasteiger partial charge in [0.05, 0.1) is 5.56 Å². The average Bonchev–Trinajstić information content (AvgIpc) is 3.24. The van der Waals surface area contributed by atoms with E-state index in [0.717, 1.165) is 44.0 Å². The van der Waals surface area contributed by atoms with Crippen LogP contribution in [-0.2, 0) is 0 Å². The third-order valence-corrected chi connectivity index (χ3v) is 6.44. The van der Waals surface area contributed by atoms with E-state index in [9.17, 15) is 13.6 Å². The number of nitrogens with one attached hydrogen (secondary N) is 1. The largest absolute Gasteiger partial charge is 0.355 e. The average molecular weight is 454 g/mol. The van der Waals surface area contributed by atoms with E-state index in [4.69, 9.17) is 4.52 Å². The molecule has 1 aromatic carbocycles. The first-order valence-corrected chi connectivity index (χ1v) is 11.0. The molecule has 170 valence electrons. The molecule has 0 bridgehead atoms. The van der Waals surface area contributed by atoms with Crippen LogP contribution >= 0.6 is 12.4 Å². The fraction of sp³-hybridized carbons (Fsp3) is 0.565. The van der Waals surface area contributed by atoms with Gasteiger partial charge in [0.15, 0.2) is 11.5 Å². The Morgan fingerprint density at radius 2 is 1.81 bits per heavy atom. The Kier molecular flexibility index (Phi) is 8.43. The predicted molar refractivity (Wildman–Crippen MR) is 117 cm³/mol. The van der Waals surface area contributed by atoms with Crippen molar-refractivity contribution < 1.29 is 18.1 Å². The fourth-order valence-corrected chi connectivity index (χ4v) is 4.63. The zero-order valence-electron chi connectivity index (χ0n) is 17.6. The van der Waals surface area contributed by atoms with Gasteiger partial charge in [0.2, 0.25) is 0 Å². The van der Waals surface area contributed by atoms with Gasteiger partial charge in [-0.05, 0) is 62.7 Å². The van der Waals surface area contributed by atoms with Gasteiger partial charge in [-0.15, -0.1) is 12.4 Å². The van der Waals surface area contributed by atoms with E-state index < -0.39 is 11.6 Å². The van der Waals surface area contributed by atoms with Crippen LogP contribution in [0.15, 0.2) is 28.8 Å². The number of halogens is 3. The third kappa shape index (κ3) is 6.26. The van der Waals surface area contributed by atoms with Crippen LogP contribution in [-0.4, -0.2) is 42.1 Å². The van der Waals surface area contributed by atoms with Crippen LogP contribution in [0.5, 0.6) is 0 Å². The summed E-state index contributed by atoms with van der Waals surface area (Å²) in [6.07, 6.45) is 9.06. The second kappa shape index (κ2) is 11.0. The smallest absolute Gasteiger partial charge is 0.273 e. The molecule has 4 rings (SSSR count). The van der Waals surface area contributed by atoms with E-state index >= 15 is 0 Å². The number of nitrogens with zero attached hydrogens (tertiary/aromatic N) is 2. The van der Waals surface area contributed by atoms with Crippen molar-refractivity contribution in [1.82, 2.24) is 15.4 Å². The lowest BCUT2D eigenvalue weighted by atomic mass is 9.88. The molecule has 1 aliphatic carbocycles. The van der Waals surface area contributed by atoms with Gasteiger partial charge >= 0.3 is 0 Å². The fourth-order valence-electron chi connectivity index (χ4n) is 4.63. The lowest BCUT2D eigenvalue weighted by Crippen LogP contribution is -2.40. The molecular weight excluding hydrogens is 424 g/mol. The molecule has 1 aromatic heterocycles. The molecule has 2 aliphatic rings. The number of carbonyl (C=O) groups excluding carboxylic acids is 1. The Hall–Kier alpha value is -1.99. The number of amides is 1. The van der Waals surface area contributed by atoms with Crippen molar-refractivity contribution in [3.05, 3.63) is 41.6 Å². The molecule has 0 unspecified atom stereocenters. The summed E-state index contributed by atoms with van der Waals surface area (Å²) in [6.45, 7) is 4.01. The van der Waals surface area contributed by atoms with Gasteiger partial charge < -0.3 is 14.7 Å². The van der Waals surface area contributed by atoms with Crippen LogP contribution in [0, 0.1) is 23.5 Å². The molecule has 1 saturated carbocycles. The second-order valence-corrected chi connectivity index (χ2v) is 8.66. The van der Waals surface area contributed by atoms with Crippen molar-refractivity contribution >= 4 is 18.3 Å². The van der Waals surface area contributed by atoms with Crippen molar-refractivity contribution in [3.63, 3.8) is 0 Å². The van der Waals surface area contributed by atoms with Crippen LogP contribution in [0.2, 0.25) is 0 Å². The molecule has 0 radical (unpaired) electrons. The van der Waals surface area contributed by atoms with Gasteiger partial charge in [-0.1, -0.05) is 24.4 Å². The first-order valence-electron chi connectivity index (χ1n) is 11.0. The van der Waals surface area contributed by atoms with Gasteiger partial charge in [-0.2, -0.15) is 0 Å². The first kappa shape index (κ1) is 23.7. The topological polar surface area (TPSA) is 58.4 Å². The molecule has 1 amide bonds. The van der Waals surface area contributed by atoms with Crippen LogP contribution < -0.4 is 5.32 Å². The van der Waals surface area contributed by atoms with E-state index in [2.05, 4.69) is 15.4 Å². The predicted octanol–water partition coefficient (Wildman–Crippen LogP) is 5.06. The molecule has 2 heterocycles. The number of carbonyl (C=O) groups is 1. The summed E-state index contributed by atoms with van der Waals surface area (Å²) >= 11 is 0. The maximum atomic E-state index is 13.9. The quantitative estimate of drug-likeness (QED) is 0.663. The molecule has 31 heavy (non-hydrogen) atoms. The van der Waals surface area contributed by atoms with Gasteiger partial charge in [0.25, 0.3) is 5.91 Å². The van der Waals surface area contributed by atoms with Crippen molar-refractivity contribution in [2.24, 2.45) is 11.8 Å². The number of hydrogen-bond acceptors (Lipinski definition) is 4. The minimum atomic E-state index is -0.752. The maximum absolute atomic E-state index is 13.9.